The highest BCUT2D eigenvalue weighted by molar-refractivity contribution is 6.11. The molecular formula is C29H35N5O4. The molecule has 2 aliphatic heterocycles. The first-order chi connectivity index (χ1) is 18.6. The standard InChI is InChI=1S/C29H35N5O4/c1-2-38-25-15-19(11-12-23(25)26-20-7-3-4-8-21(20)28(35)32-31-26)30-29(36)27-22-9-5-6-10-24(22)34(33-27)16-18-13-14-37-17-18/h5-6,9-12,15,18,20-21,26,31H,2-4,7-8,13-14,16-17H2,1H3,(H,30,36)(H,32,35). The molecule has 9 heteroatoms. The average molecular weight is 518 g/mol. The van der Waals surface area contributed by atoms with Crippen LogP contribution in [0.15, 0.2) is 42.5 Å². The van der Waals surface area contributed by atoms with Crippen molar-refractivity contribution in [1.82, 2.24) is 20.6 Å². The van der Waals surface area contributed by atoms with E-state index < -0.39 is 0 Å². The number of amides is 2. The minimum Gasteiger partial charge on any atom is -0.493 e. The minimum absolute atomic E-state index is 0.0167. The third-order valence-electron chi connectivity index (χ3n) is 8.17. The Bertz CT molecular complexity index is 1330. The average Bonchev–Trinajstić information content (AvgIpc) is 3.58. The summed E-state index contributed by atoms with van der Waals surface area (Å²) in [5.74, 6) is 1.17. The van der Waals surface area contributed by atoms with Gasteiger partial charge in [0.25, 0.3) is 5.91 Å². The topological polar surface area (TPSA) is 107 Å². The second kappa shape index (κ2) is 10.7. The maximum absolute atomic E-state index is 13.4. The van der Waals surface area contributed by atoms with Gasteiger partial charge in [-0.2, -0.15) is 5.10 Å². The smallest absolute Gasteiger partial charge is 0.276 e. The van der Waals surface area contributed by atoms with Gasteiger partial charge in [0.05, 0.1) is 24.8 Å². The van der Waals surface area contributed by atoms with Crippen molar-refractivity contribution in [2.45, 2.75) is 51.6 Å². The highest BCUT2D eigenvalue weighted by Crippen LogP contribution is 2.43. The normalized spacial score (nSPS) is 25.1. The summed E-state index contributed by atoms with van der Waals surface area (Å²) in [5.41, 5.74) is 9.10. The van der Waals surface area contributed by atoms with Crippen LogP contribution in [-0.4, -0.2) is 41.4 Å². The van der Waals surface area contributed by atoms with Gasteiger partial charge < -0.3 is 14.8 Å². The molecule has 1 saturated carbocycles. The molecule has 38 heavy (non-hydrogen) atoms. The molecule has 2 aromatic carbocycles. The third-order valence-corrected chi connectivity index (χ3v) is 8.17. The molecule has 0 spiro atoms. The Morgan fingerprint density at radius 3 is 2.89 bits per heavy atom. The van der Waals surface area contributed by atoms with Crippen LogP contribution >= 0.6 is 0 Å². The number of nitrogens with zero attached hydrogens (tertiary/aromatic N) is 2. The number of ether oxygens (including phenoxy) is 2. The summed E-state index contributed by atoms with van der Waals surface area (Å²) in [4.78, 5) is 25.9. The van der Waals surface area contributed by atoms with Crippen LogP contribution < -0.4 is 20.9 Å². The van der Waals surface area contributed by atoms with Crippen LogP contribution in [0.3, 0.4) is 0 Å². The van der Waals surface area contributed by atoms with Gasteiger partial charge in [0, 0.05) is 47.7 Å². The zero-order valence-corrected chi connectivity index (χ0v) is 21.7. The number of anilines is 1. The molecule has 4 unspecified atom stereocenters. The van der Waals surface area contributed by atoms with Crippen molar-refractivity contribution in [1.29, 1.82) is 0 Å². The summed E-state index contributed by atoms with van der Waals surface area (Å²) >= 11 is 0. The molecule has 9 nitrogen and oxygen atoms in total. The second-order valence-corrected chi connectivity index (χ2v) is 10.6. The van der Waals surface area contributed by atoms with Gasteiger partial charge in [-0.15, -0.1) is 0 Å². The van der Waals surface area contributed by atoms with Crippen LogP contribution in [0.5, 0.6) is 5.75 Å². The highest BCUT2D eigenvalue weighted by atomic mass is 16.5. The molecule has 200 valence electrons. The van der Waals surface area contributed by atoms with Crippen LogP contribution in [0.2, 0.25) is 0 Å². The molecule has 3 N–H and O–H groups in total. The van der Waals surface area contributed by atoms with E-state index in [0.29, 0.717) is 29.7 Å². The maximum Gasteiger partial charge on any atom is 0.276 e. The van der Waals surface area contributed by atoms with Crippen molar-refractivity contribution in [3.8, 4) is 5.75 Å². The SMILES string of the molecule is CCOc1cc(NC(=O)c2nn(CC3CCOC3)c3ccccc23)ccc1C1NNC(=O)C2CCCCC21. The Kier molecular flexibility index (Phi) is 7.04. The summed E-state index contributed by atoms with van der Waals surface area (Å²) in [6.45, 7) is 4.67. The molecule has 6 rings (SSSR count). The van der Waals surface area contributed by atoms with Gasteiger partial charge in [-0.05, 0) is 44.2 Å². The van der Waals surface area contributed by atoms with Crippen LogP contribution in [0.1, 0.15) is 61.1 Å². The number of hydrogen-bond donors (Lipinski definition) is 3. The number of carbonyl (C=O) groups is 2. The molecule has 3 aromatic rings. The number of aromatic nitrogens is 2. The molecule has 3 fully saturated rings. The van der Waals surface area contributed by atoms with Crippen LogP contribution in [0.25, 0.3) is 10.9 Å². The van der Waals surface area contributed by atoms with E-state index in [1.807, 2.05) is 54.1 Å². The fourth-order valence-electron chi connectivity index (χ4n) is 6.29. The number of rotatable bonds is 7. The fourth-order valence-corrected chi connectivity index (χ4v) is 6.29. The molecule has 3 heterocycles. The first-order valence-electron chi connectivity index (χ1n) is 13.8. The van der Waals surface area contributed by atoms with Gasteiger partial charge in [0.1, 0.15) is 5.75 Å². The molecule has 2 amide bonds. The van der Waals surface area contributed by atoms with Gasteiger partial charge in [-0.25, -0.2) is 5.43 Å². The zero-order valence-electron chi connectivity index (χ0n) is 21.7. The Morgan fingerprint density at radius 1 is 1.18 bits per heavy atom. The number of para-hydroxylation sites is 1. The van der Waals surface area contributed by atoms with E-state index in [1.165, 1.54) is 0 Å². The van der Waals surface area contributed by atoms with E-state index >= 15 is 0 Å². The summed E-state index contributed by atoms with van der Waals surface area (Å²) in [6, 6.07) is 13.6. The monoisotopic (exact) mass is 517 g/mol. The lowest BCUT2D eigenvalue weighted by Crippen LogP contribution is -2.55. The predicted molar refractivity (Wildman–Crippen MR) is 144 cm³/mol. The van der Waals surface area contributed by atoms with Crippen molar-refractivity contribution in [3.05, 3.63) is 53.7 Å². The first-order valence-corrected chi connectivity index (χ1v) is 13.8. The summed E-state index contributed by atoms with van der Waals surface area (Å²) in [5, 5.41) is 8.59. The van der Waals surface area contributed by atoms with Crippen LogP contribution in [-0.2, 0) is 16.1 Å². The largest absolute Gasteiger partial charge is 0.493 e. The fraction of sp³-hybridized carbons (Fsp3) is 0.483. The van der Waals surface area contributed by atoms with Gasteiger partial charge in [-0.3, -0.25) is 19.7 Å². The van der Waals surface area contributed by atoms with E-state index in [1.54, 1.807) is 0 Å². The lowest BCUT2D eigenvalue weighted by molar-refractivity contribution is -0.133. The summed E-state index contributed by atoms with van der Waals surface area (Å²) < 4.78 is 13.5. The summed E-state index contributed by atoms with van der Waals surface area (Å²) in [7, 11) is 0. The van der Waals surface area contributed by atoms with Gasteiger partial charge in [-0.1, -0.05) is 37.1 Å². The van der Waals surface area contributed by atoms with Gasteiger partial charge in [0.15, 0.2) is 5.69 Å². The van der Waals surface area contributed by atoms with Crippen molar-refractivity contribution in [2.75, 3.05) is 25.1 Å². The molecule has 0 radical (unpaired) electrons. The van der Waals surface area contributed by atoms with Crippen molar-refractivity contribution < 1.29 is 19.1 Å². The predicted octanol–water partition coefficient (Wildman–Crippen LogP) is 4.21. The van der Waals surface area contributed by atoms with E-state index in [-0.39, 0.29) is 29.7 Å². The molecule has 1 aromatic heterocycles. The van der Waals surface area contributed by atoms with Crippen molar-refractivity contribution in [2.24, 2.45) is 17.8 Å². The number of nitrogens with one attached hydrogen (secondary N) is 3. The van der Waals surface area contributed by atoms with Gasteiger partial charge >= 0.3 is 0 Å². The van der Waals surface area contributed by atoms with Crippen LogP contribution in [0, 0.1) is 17.8 Å². The maximum atomic E-state index is 13.4. The lowest BCUT2D eigenvalue weighted by atomic mass is 9.72. The molecule has 2 saturated heterocycles. The number of benzene rings is 2. The minimum atomic E-state index is -0.256. The van der Waals surface area contributed by atoms with E-state index in [9.17, 15) is 9.59 Å². The van der Waals surface area contributed by atoms with Crippen molar-refractivity contribution >= 4 is 28.4 Å². The molecule has 1 aliphatic carbocycles. The molecular weight excluding hydrogens is 482 g/mol. The molecule has 3 aliphatic rings. The highest BCUT2D eigenvalue weighted by Gasteiger charge is 2.41. The Labute approximate surface area is 222 Å². The summed E-state index contributed by atoms with van der Waals surface area (Å²) in [6.07, 6.45) is 5.13. The Hall–Kier alpha value is -3.43. The number of hydrogen-bond acceptors (Lipinski definition) is 6. The van der Waals surface area contributed by atoms with E-state index in [2.05, 4.69) is 16.2 Å². The lowest BCUT2D eigenvalue weighted by Gasteiger charge is -2.41. The Balaban J connectivity index is 1.26. The van der Waals surface area contributed by atoms with E-state index in [4.69, 9.17) is 14.6 Å². The number of fused-ring (bicyclic) bond motifs is 2. The Morgan fingerprint density at radius 2 is 2.05 bits per heavy atom. The van der Waals surface area contributed by atoms with Crippen LogP contribution in [0.4, 0.5) is 5.69 Å². The number of carbonyl (C=O) groups excluding carboxylic acids is 2. The van der Waals surface area contributed by atoms with Gasteiger partial charge in [0.2, 0.25) is 5.91 Å². The molecule has 4 atom stereocenters. The van der Waals surface area contributed by atoms with Crippen molar-refractivity contribution in [3.63, 3.8) is 0 Å². The zero-order chi connectivity index (χ0) is 26.1. The van der Waals surface area contributed by atoms with E-state index in [0.717, 1.165) is 68.3 Å². The molecule has 0 bridgehead atoms. The quantitative estimate of drug-likeness (QED) is 0.434. The first kappa shape index (κ1) is 24.9. The second-order valence-electron chi connectivity index (χ2n) is 10.6. The third kappa shape index (κ3) is 4.76. The number of hydrazine groups is 1.